The molecule has 172 valence electrons. The van der Waals surface area contributed by atoms with Crippen LogP contribution in [0.25, 0.3) is 0 Å². The molecular weight excluding hydrogens is 458 g/mol. The van der Waals surface area contributed by atoms with Crippen molar-refractivity contribution in [1.82, 2.24) is 0 Å². The van der Waals surface area contributed by atoms with E-state index < -0.39 is 23.9 Å². The number of nitriles is 1. The number of nitrogens with zero attached hydrogens (tertiary/aromatic N) is 1. The minimum atomic E-state index is -1.23. The Bertz CT molecular complexity index is 1220. The molecule has 0 aliphatic rings. The van der Waals surface area contributed by atoms with Gasteiger partial charge in [-0.2, -0.15) is 5.26 Å². The monoisotopic (exact) mass is 477 g/mol. The van der Waals surface area contributed by atoms with E-state index in [9.17, 15) is 14.4 Å². The fraction of sp³-hybridized carbons (Fsp3) is 0.120. The van der Waals surface area contributed by atoms with Crippen molar-refractivity contribution in [2.45, 2.75) is 12.5 Å². The zero-order chi connectivity index (χ0) is 24.5. The lowest BCUT2D eigenvalue weighted by Crippen LogP contribution is -2.26. The molecule has 1 atom stereocenters. The van der Waals surface area contributed by atoms with Gasteiger partial charge in [0.15, 0.2) is 0 Å². The smallest absolute Gasteiger partial charge is 0.339 e. The van der Waals surface area contributed by atoms with Crippen LogP contribution in [0, 0.1) is 11.3 Å². The molecule has 0 radical (unpaired) electrons. The predicted molar refractivity (Wildman–Crippen MR) is 127 cm³/mol. The Balaban J connectivity index is 1.77. The fourth-order valence-corrected chi connectivity index (χ4v) is 3.25. The van der Waals surface area contributed by atoms with Gasteiger partial charge in [-0.15, -0.1) is 0 Å². The van der Waals surface area contributed by atoms with E-state index in [0.717, 1.165) is 0 Å². The minimum Gasteiger partial charge on any atom is -0.495 e. The molecule has 3 aromatic rings. The number of nitrogens with one attached hydrogen (secondary N) is 2. The van der Waals surface area contributed by atoms with E-state index in [0.29, 0.717) is 27.7 Å². The first-order valence-electron chi connectivity index (χ1n) is 10.1. The number of carbonyl (C=O) groups excluding carboxylic acids is 3. The summed E-state index contributed by atoms with van der Waals surface area (Å²) in [6, 6.07) is 21.0. The quantitative estimate of drug-likeness (QED) is 0.452. The Hall–Kier alpha value is -4.35. The van der Waals surface area contributed by atoms with Gasteiger partial charge in [-0.05, 0) is 42.5 Å². The number of amides is 2. The summed E-state index contributed by atoms with van der Waals surface area (Å²) < 4.78 is 10.7. The molecule has 3 rings (SSSR count). The first kappa shape index (κ1) is 24.3. The summed E-state index contributed by atoms with van der Waals surface area (Å²) in [6.07, 6.45) is -1.51. The zero-order valence-electron chi connectivity index (χ0n) is 18.1. The van der Waals surface area contributed by atoms with E-state index in [-0.39, 0.29) is 12.0 Å². The van der Waals surface area contributed by atoms with Crippen LogP contribution in [-0.4, -0.2) is 24.9 Å². The highest BCUT2D eigenvalue weighted by molar-refractivity contribution is 6.32. The number of methoxy groups -OCH3 is 1. The van der Waals surface area contributed by atoms with Crippen LogP contribution in [0.4, 0.5) is 11.4 Å². The summed E-state index contributed by atoms with van der Waals surface area (Å²) in [6.45, 7) is 0. The Kier molecular flexibility index (Phi) is 8.21. The molecule has 3 aromatic carbocycles. The lowest BCUT2D eigenvalue weighted by Gasteiger charge is -2.18. The molecule has 34 heavy (non-hydrogen) atoms. The van der Waals surface area contributed by atoms with E-state index in [1.54, 1.807) is 48.5 Å². The van der Waals surface area contributed by atoms with Crippen LogP contribution in [0.15, 0.2) is 72.8 Å². The van der Waals surface area contributed by atoms with Crippen molar-refractivity contribution < 1.29 is 23.9 Å². The highest BCUT2D eigenvalue weighted by Gasteiger charge is 2.26. The van der Waals surface area contributed by atoms with Crippen molar-refractivity contribution >= 4 is 40.8 Å². The molecule has 0 aliphatic heterocycles. The van der Waals surface area contributed by atoms with Crippen molar-refractivity contribution in [3.8, 4) is 11.8 Å². The number of hydrogen-bond donors (Lipinski definition) is 2. The molecule has 0 heterocycles. The van der Waals surface area contributed by atoms with Crippen molar-refractivity contribution in [1.29, 1.82) is 5.26 Å². The molecule has 8 nitrogen and oxygen atoms in total. The number of ether oxygens (including phenoxy) is 2. The third-order valence-electron chi connectivity index (χ3n) is 4.63. The van der Waals surface area contributed by atoms with Gasteiger partial charge < -0.3 is 20.1 Å². The van der Waals surface area contributed by atoms with Crippen LogP contribution in [-0.2, 0) is 14.3 Å². The Morgan fingerprint density at radius 2 is 1.65 bits per heavy atom. The summed E-state index contributed by atoms with van der Waals surface area (Å²) in [5.74, 6) is -1.30. The number of anilines is 2. The molecule has 2 N–H and O–H groups in total. The predicted octanol–water partition coefficient (Wildman–Crippen LogP) is 4.74. The number of rotatable bonds is 8. The number of carbonyl (C=O) groups is 3. The highest BCUT2D eigenvalue weighted by Crippen LogP contribution is 2.28. The SMILES string of the molecule is COc1ccc(NC(=O)[C@@H](OC(=O)c2ccc(NC(=O)CC#N)cc2)c2ccccc2)cc1Cl. The third-order valence-corrected chi connectivity index (χ3v) is 4.92. The lowest BCUT2D eigenvalue weighted by atomic mass is 10.1. The van der Waals surface area contributed by atoms with Gasteiger partial charge in [-0.1, -0.05) is 41.9 Å². The van der Waals surface area contributed by atoms with Gasteiger partial charge in [-0.25, -0.2) is 4.79 Å². The van der Waals surface area contributed by atoms with Crippen molar-refractivity contribution in [2.24, 2.45) is 0 Å². The number of hydrogen-bond acceptors (Lipinski definition) is 6. The van der Waals surface area contributed by atoms with Crippen LogP contribution in [0.3, 0.4) is 0 Å². The Morgan fingerprint density at radius 3 is 2.26 bits per heavy atom. The third kappa shape index (κ3) is 6.34. The van der Waals surface area contributed by atoms with Gasteiger partial charge in [0.05, 0.1) is 23.8 Å². The molecular formula is C25H20ClN3O5. The molecule has 0 spiro atoms. The average molecular weight is 478 g/mol. The Morgan fingerprint density at radius 1 is 0.971 bits per heavy atom. The molecule has 0 bridgehead atoms. The standard InChI is InChI=1S/C25H20ClN3O5/c1-33-21-12-11-19(15-20(21)26)29-24(31)23(16-5-3-2-4-6-16)34-25(32)17-7-9-18(10-8-17)28-22(30)13-14-27/h2-12,15,23H,13H2,1H3,(H,28,30)(H,29,31)/t23-/m0/s1. The number of esters is 1. The minimum absolute atomic E-state index is 0.180. The molecule has 9 heteroatoms. The van der Waals surface area contributed by atoms with Crippen LogP contribution >= 0.6 is 11.6 Å². The normalized spacial score (nSPS) is 11.0. The van der Waals surface area contributed by atoms with E-state index in [2.05, 4.69) is 10.6 Å². The van der Waals surface area contributed by atoms with Gasteiger partial charge in [0.1, 0.15) is 12.2 Å². The van der Waals surface area contributed by atoms with Crippen LogP contribution < -0.4 is 15.4 Å². The summed E-state index contributed by atoms with van der Waals surface area (Å²) in [4.78, 5) is 37.4. The van der Waals surface area contributed by atoms with Gasteiger partial charge in [0, 0.05) is 16.9 Å². The van der Waals surface area contributed by atoms with Crippen LogP contribution in [0.2, 0.25) is 5.02 Å². The maximum atomic E-state index is 13.0. The molecule has 0 saturated carbocycles. The zero-order valence-corrected chi connectivity index (χ0v) is 18.8. The van der Waals surface area contributed by atoms with E-state index in [1.807, 2.05) is 0 Å². The number of halogens is 1. The average Bonchev–Trinajstić information content (AvgIpc) is 2.83. The Labute approximate surface area is 201 Å². The van der Waals surface area contributed by atoms with Crippen molar-refractivity contribution in [3.63, 3.8) is 0 Å². The maximum Gasteiger partial charge on any atom is 0.339 e. The van der Waals surface area contributed by atoms with E-state index >= 15 is 0 Å². The highest BCUT2D eigenvalue weighted by atomic mass is 35.5. The topological polar surface area (TPSA) is 118 Å². The second-order valence-electron chi connectivity index (χ2n) is 7.00. The summed E-state index contributed by atoms with van der Waals surface area (Å²) >= 11 is 6.13. The van der Waals surface area contributed by atoms with Crippen molar-refractivity contribution in [3.05, 3.63) is 88.9 Å². The summed E-state index contributed by atoms with van der Waals surface area (Å²) in [5.41, 5.74) is 1.49. The van der Waals surface area contributed by atoms with Gasteiger partial charge in [0.2, 0.25) is 12.0 Å². The molecule has 0 unspecified atom stereocenters. The molecule has 0 saturated heterocycles. The lowest BCUT2D eigenvalue weighted by molar-refractivity contribution is -0.125. The molecule has 0 aromatic heterocycles. The number of benzene rings is 3. The van der Waals surface area contributed by atoms with E-state index in [1.165, 1.54) is 37.4 Å². The van der Waals surface area contributed by atoms with Gasteiger partial charge in [0.25, 0.3) is 5.91 Å². The first-order chi connectivity index (χ1) is 16.4. The second kappa shape index (κ2) is 11.5. The van der Waals surface area contributed by atoms with Crippen molar-refractivity contribution in [2.75, 3.05) is 17.7 Å². The molecule has 2 amide bonds. The summed E-state index contributed by atoms with van der Waals surface area (Å²) in [5, 5.41) is 14.1. The van der Waals surface area contributed by atoms with Gasteiger partial charge in [-0.3, -0.25) is 9.59 Å². The van der Waals surface area contributed by atoms with E-state index in [4.69, 9.17) is 26.3 Å². The second-order valence-corrected chi connectivity index (χ2v) is 7.40. The maximum absolute atomic E-state index is 13.0. The summed E-state index contributed by atoms with van der Waals surface area (Å²) in [7, 11) is 1.48. The van der Waals surface area contributed by atoms with Crippen LogP contribution in [0.1, 0.15) is 28.4 Å². The van der Waals surface area contributed by atoms with Crippen LogP contribution in [0.5, 0.6) is 5.75 Å². The van der Waals surface area contributed by atoms with Gasteiger partial charge >= 0.3 is 5.97 Å². The first-order valence-corrected chi connectivity index (χ1v) is 10.5. The molecule has 0 fully saturated rings. The largest absolute Gasteiger partial charge is 0.495 e. The fourth-order valence-electron chi connectivity index (χ4n) is 2.99. The molecule has 0 aliphatic carbocycles.